The van der Waals surface area contributed by atoms with E-state index in [9.17, 15) is 4.39 Å². The Kier molecular flexibility index (Phi) is 5.33. The Morgan fingerprint density at radius 1 is 1.04 bits per heavy atom. The summed E-state index contributed by atoms with van der Waals surface area (Å²) in [6.45, 7) is 0. The molecule has 2 aromatic carbocycles. The van der Waals surface area contributed by atoms with Crippen molar-refractivity contribution >= 4 is 34.7 Å². The van der Waals surface area contributed by atoms with Crippen LogP contribution in [0.15, 0.2) is 42.6 Å². The van der Waals surface area contributed by atoms with Gasteiger partial charge >= 0.3 is 0 Å². The van der Waals surface area contributed by atoms with Gasteiger partial charge < -0.3 is 20.1 Å². The molecular formula is C17H15ClFN5O2. The molecule has 0 bridgehead atoms. The molecule has 1 heterocycles. The molecule has 2 N–H and O–H groups in total. The fraction of sp³-hybridized carbons (Fsp3) is 0.118. The fourth-order valence-corrected chi connectivity index (χ4v) is 2.34. The molecule has 0 amide bonds. The van der Waals surface area contributed by atoms with Gasteiger partial charge in [-0.2, -0.15) is 10.1 Å². The number of ether oxygens (including phenoxy) is 2. The van der Waals surface area contributed by atoms with Crippen LogP contribution in [0.4, 0.5) is 27.5 Å². The summed E-state index contributed by atoms with van der Waals surface area (Å²) in [5, 5.41) is 13.8. The summed E-state index contributed by atoms with van der Waals surface area (Å²) in [6.07, 6.45) is 1.46. The van der Waals surface area contributed by atoms with Gasteiger partial charge in [-0.3, -0.25) is 0 Å². The van der Waals surface area contributed by atoms with Gasteiger partial charge in [-0.05, 0) is 30.3 Å². The van der Waals surface area contributed by atoms with Crippen LogP contribution in [0.2, 0.25) is 5.02 Å². The summed E-state index contributed by atoms with van der Waals surface area (Å²) >= 11 is 5.77. The maximum Gasteiger partial charge on any atom is 0.249 e. The molecule has 134 valence electrons. The summed E-state index contributed by atoms with van der Waals surface area (Å²) in [6, 6.07) is 9.55. The van der Waals surface area contributed by atoms with Crippen molar-refractivity contribution in [3.8, 4) is 11.5 Å². The molecule has 3 rings (SSSR count). The largest absolute Gasteiger partial charge is 0.497 e. The van der Waals surface area contributed by atoms with Crippen molar-refractivity contribution < 1.29 is 13.9 Å². The number of rotatable bonds is 6. The number of methoxy groups -OCH3 is 2. The van der Waals surface area contributed by atoms with Crippen molar-refractivity contribution in [2.24, 2.45) is 0 Å². The number of benzene rings is 2. The van der Waals surface area contributed by atoms with Crippen LogP contribution >= 0.6 is 11.6 Å². The van der Waals surface area contributed by atoms with Crippen molar-refractivity contribution in [1.82, 2.24) is 15.2 Å². The first-order valence-electron chi connectivity index (χ1n) is 7.50. The molecule has 1 aromatic heterocycles. The number of nitrogens with zero attached hydrogens (tertiary/aromatic N) is 3. The van der Waals surface area contributed by atoms with E-state index in [2.05, 4.69) is 25.8 Å². The molecule has 0 aliphatic rings. The SMILES string of the molecule is COc1ccc(Nc2cnnc(Nc3ccc(F)c(Cl)c3)n2)c(OC)c1. The van der Waals surface area contributed by atoms with Crippen molar-refractivity contribution in [1.29, 1.82) is 0 Å². The maximum absolute atomic E-state index is 13.2. The Labute approximate surface area is 154 Å². The van der Waals surface area contributed by atoms with Gasteiger partial charge in [0.15, 0.2) is 5.82 Å². The number of hydrogen-bond acceptors (Lipinski definition) is 7. The van der Waals surface area contributed by atoms with E-state index in [1.54, 1.807) is 32.4 Å². The van der Waals surface area contributed by atoms with Gasteiger partial charge in [-0.15, -0.1) is 5.10 Å². The number of hydrogen-bond donors (Lipinski definition) is 2. The lowest BCUT2D eigenvalue weighted by Gasteiger charge is -2.12. The van der Waals surface area contributed by atoms with Gasteiger partial charge in [0.05, 0.1) is 31.1 Å². The highest BCUT2D eigenvalue weighted by Gasteiger charge is 2.08. The molecular weight excluding hydrogens is 361 g/mol. The lowest BCUT2D eigenvalue weighted by molar-refractivity contribution is 0.395. The molecule has 0 spiro atoms. The molecule has 9 heteroatoms. The van der Waals surface area contributed by atoms with Crippen molar-refractivity contribution in [2.45, 2.75) is 0 Å². The predicted molar refractivity (Wildman–Crippen MR) is 97.3 cm³/mol. The van der Waals surface area contributed by atoms with E-state index in [4.69, 9.17) is 21.1 Å². The number of aromatic nitrogens is 3. The van der Waals surface area contributed by atoms with Crippen molar-refractivity contribution in [3.05, 3.63) is 53.4 Å². The van der Waals surface area contributed by atoms with E-state index < -0.39 is 5.82 Å². The summed E-state index contributed by atoms with van der Waals surface area (Å²) in [4.78, 5) is 4.31. The van der Waals surface area contributed by atoms with Gasteiger partial charge in [0.2, 0.25) is 5.95 Å². The normalized spacial score (nSPS) is 10.3. The van der Waals surface area contributed by atoms with E-state index in [1.165, 1.54) is 24.4 Å². The van der Waals surface area contributed by atoms with Crippen LogP contribution in [-0.4, -0.2) is 29.4 Å². The number of halogens is 2. The van der Waals surface area contributed by atoms with E-state index in [1.807, 2.05) is 0 Å². The second kappa shape index (κ2) is 7.83. The van der Waals surface area contributed by atoms with Crippen LogP contribution in [-0.2, 0) is 0 Å². The van der Waals surface area contributed by atoms with E-state index in [-0.39, 0.29) is 11.0 Å². The molecule has 0 aliphatic carbocycles. The van der Waals surface area contributed by atoms with Gasteiger partial charge in [-0.25, -0.2) is 4.39 Å². The van der Waals surface area contributed by atoms with E-state index in [0.29, 0.717) is 28.7 Å². The summed E-state index contributed by atoms with van der Waals surface area (Å²) in [5.74, 6) is 1.43. The predicted octanol–water partition coefficient (Wildman–Crippen LogP) is 4.17. The summed E-state index contributed by atoms with van der Waals surface area (Å²) < 4.78 is 23.7. The van der Waals surface area contributed by atoms with Gasteiger partial charge in [0, 0.05) is 11.8 Å². The second-order valence-electron chi connectivity index (χ2n) is 5.11. The third-order valence-electron chi connectivity index (χ3n) is 3.41. The molecule has 0 fully saturated rings. The smallest absolute Gasteiger partial charge is 0.249 e. The van der Waals surface area contributed by atoms with Crippen LogP contribution in [0.5, 0.6) is 11.5 Å². The van der Waals surface area contributed by atoms with Gasteiger partial charge in [-0.1, -0.05) is 11.6 Å². The van der Waals surface area contributed by atoms with Crippen LogP contribution < -0.4 is 20.1 Å². The Morgan fingerprint density at radius 3 is 2.62 bits per heavy atom. The van der Waals surface area contributed by atoms with Gasteiger partial charge in [0.1, 0.15) is 17.3 Å². The molecule has 0 atom stereocenters. The highest BCUT2D eigenvalue weighted by Crippen LogP contribution is 2.31. The maximum atomic E-state index is 13.2. The third kappa shape index (κ3) is 4.09. The quantitative estimate of drug-likeness (QED) is 0.669. The first-order chi connectivity index (χ1) is 12.6. The van der Waals surface area contributed by atoms with E-state index >= 15 is 0 Å². The Bertz CT molecular complexity index is 925. The molecule has 3 aromatic rings. The minimum absolute atomic E-state index is 0.000193. The minimum Gasteiger partial charge on any atom is -0.497 e. The topological polar surface area (TPSA) is 81.2 Å². The lowest BCUT2D eigenvalue weighted by Crippen LogP contribution is -2.03. The average Bonchev–Trinajstić information content (AvgIpc) is 2.65. The molecule has 7 nitrogen and oxygen atoms in total. The highest BCUT2D eigenvalue weighted by molar-refractivity contribution is 6.31. The van der Waals surface area contributed by atoms with Crippen LogP contribution in [0.3, 0.4) is 0 Å². The Balaban J connectivity index is 1.80. The van der Waals surface area contributed by atoms with E-state index in [0.717, 1.165) is 0 Å². The molecule has 0 saturated heterocycles. The third-order valence-corrected chi connectivity index (χ3v) is 3.70. The zero-order valence-electron chi connectivity index (χ0n) is 14.0. The first kappa shape index (κ1) is 17.7. The minimum atomic E-state index is -0.502. The highest BCUT2D eigenvalue weighted by atomic mass is 35.5. The summed E-state index contributed by atoms with van der Waals surface area (Å²) in [5.41, 5.74) is 1.22. The second-order valence-corrected chi connectivity index (χ2v) is 5.52. The average molecular weight is 376 g/mol. The Morgan fingerprint density at radius 2 is 1.88 bits per heavy atom. The summed E-state index contributed by atoms with van der Waals surface area (Å²) in [7, 11) is 3.14. The Hall–Kier alpha value is -3.13. The number of nitrogens with one attached hydrogen (secondary N) is 2. The lowest BCUT2D eigenvalue weighted by atomic mass is 10.2. The first-order valence-corrected chi connectivity index (χ1v) is 7.87. The van der Waals surface area contributed by atoms with Crippen LogP contribution in [0.1, 0.15) is 0 Å². The molecule has 0 aliphatic heterocycles. The zero-order chi connectivity index (χ0) is 18.5. The van der Waals surface area contributed by atoms with Crippen LogP contribution in [0, 0.1) is 5.82 Å². The molecule has 0 radical (unpaired) electrons. The fourth-order valence-electron chi connectivity index (χ4n) is 2.16. The van der Waals surface area contributed by atoms with Crippen molar-refractivity contribution in [2.75, 3.05) is 24.9 Å². The standard InChI is InChI=1S/C17H15ClFN5O2/c1-25-11-4-6-14(15(8-11)26-2)22-16-9-20-24-17(23-16)21-10-3-5-13(19)12(18)7-10/h3-9H,1-2H3,(H2,21,22,23,24). The molecule has 0 unspecified atom stereocenters. The monoisotopic (exact) mass is 375 g/mol. The molecule has 26 heavy (non-hydrogen) atoms. The zero-order valence-corrected chi connectivity index (χ0v) is 14.7. The van der Waals surface area contributed by atoms with Crippen LogP contribution in [0.25, 0.3) is 0 Å². The van der Waals surface area contributed by atoms with Gasteiger partial charge in [0.25, 0.3) is 0 Å². The molecule has 0 saturated carbocycles. The van der Waals surface area contributed by atoms with Crippen molar-refractivity contribution in [3.63, 3.8) is 0 Å². The number of anilines is 4.